The third kappa shape index (κ3) is 3.07. The zero-order valence-corrected chi connectivity index (χ0v) is 6.77. The zero-order valence-electron chi connectivity index (χ0n) is 4.46. The maximum atomic E-state index is 10.4. The molecule has 0 aromatic carbocycles. The molecule has 3 nitrogen and oxygen atoms in total. The first-order chi connectivity index (χ1) is 3.18. The van der Waals surface area contributed by atoms with E-state index in [-0.39, 0.29) is 0 Å². The van der Waals surface area contributed by atoms with Gasteiger partial charge in [-0.25, -0.2) is 0 Å². The molecule has 5 heteroatoms. The summed E-state index contributed by atoms with van der Waals surface area (Å²) in [4.78, 5) is 10.4. The maximum Gasteiger partial charge on any atom is 0.308 e. The summed E-state index contributed by atoms with van der Waals surface area (Å²) in [6.45, 7) is 0. The molecule has 0 radical (unpaired) electrons. The van der Waals surface area contributed by atoms with E-state index in [4.69, 9.17) is 0 Å². The molecule has 42 valence electrons. The van der Waals surface area contributed by atoms with Crippen LogP contribution < -0.4 is 4.89 Å². The van der Waals surface area contributed by atoms with E-state index < -0.39 is 8.09 Å². The smallest absolute Gasteiger partial charge is 0.308 e. The highest BCUT2D eigenvalue weighted by Gasteiger charge is 1.99. The molecule has 0 bridgehead atoms. The molecule has 0 rings (SSSR count). The monoisotopic (exact) mass is 139 g/mol. The predicted octanol–water partition coefficient (Wildman–Crippen LogP) is -0.0738. The second kappa shape index (κ2) is 3.45. The average molecular weight is 139 g/mol. The topological polar surface area (TPSA) is 38.7 Å². The molecule has 0 aliphatic carbocycles. The molecule has 0 spiro atoms. The zero-order chi connectivity index (χ0) is 5.86. The maximum absolute atomic E-state index is 10.4. The molecule has 0 amide bonds. The Labute approximate surface area is 46.6 Å². The Morgan fingerprint density at radius 2 is 2.14 bits per heavy atom. The van der Waals surface area contributed by atoms with Crippen molar-refractivity contribution in [2.45, 2.75) is 0 Å². The van der Waals surface area contributed by atoms with Gasteiger partial charge in [0, 0.05) is 18.6 Å². The number of hydrogen-bond acceptors (Lipinski definition) is 2. The van der Waals surface area contributed by atoms with E-state index in [0.717, 1.165) is 0 Å². The lowest BCUT2D eigenvalue weighted by Gasteiger charge is -1.96. The first-order valence-corrected chi connectivity index (χ1v) is 3.59. The van der Waals surface area contributed by atoms with Gasteiger partial charge in [0.05, 0.1) is 0 Å². The summed E-state index contributed by atoms with van der Waals surface area (Å²) in [6.07, 6.45) is 0. The van der Waals surface area contributed by atoms with Crippen LogP contribution in [0.5, 0.6) is 0 Å². The van der Waals surface area contributed by atoms with Crippen LogP contribution in [0.25, 0.3) is 0 Å². The molecule has 0 aliphatic rings. The van der Waals surface area contributed by atoms with Crippen LogP contribution in [0.4, 0.5) is 0 Å². The molecule has 0 saturated carbocycles. The van der Waals surface area contributed by atoms with Gasteiger partial charge < -0.3 is 4.89 Å². The van der Waals surface area contributed by atoms with Crippen molar-refractivity contribution in [3.05, 3.63) is 0 Å². The summed E-state index contributed by atoms with van der Waals surface area (Å²) in [5.41, 5.74) is 0. The highest BCUT2D eigenvalue weighted by atomic mass is 31.1. The highest BCUT2D eigenvalue weighted by Crippen LogP contribution is 2.18. The lowest BCUT2D eigenvalue weighted by atomic mass is 11.3. The number of hydrogen-bond donors (Lipinski definition) is 0. The quantitative estimate of drug-likeness (QED) is 0.477. The fourth-order valence-electron chi connectivity index (χ4n) is 0.126. The Balaban J connectivity index is 3.56. The fraction of sp³-hybridized carbons (Fsp3) is 1.00. The molecule has 2 unspecified atom stereocenters. The van der Waals surface area contributed by atoms with Gasteiger partial charge in [-0.1, -0.05) is 0 Å². The van der Waals surface area contributed by atoms with Gasteiger partial charge in [0.2, 0.25) is 0 Å². The summed E-state index contributed by atoms with van der Waals surface area (Å²) in [5.74, 6) is 0. The van der Waals surface area contributed by atoms with Crippen LogP contribution in [-0.2, 0) is 0 Å². The summed E-state index contributed by atoms with van der Waals surface area (Å²) < 4.78 is 5.12. The van der Waals surface area contributed by atoms with Gasteiger partial charge in [0.15, 0.2) is 0 Å². The minimum Gasteiger partial charge on any atom is -0.592 e. The van der Waals surface area contributed by atoms with Gasteiger partial charge in [-0.3, -0.25) is 0 Å². The van der Waals surface area contributed by atoms with Gasteiger partial charge in [-0.2, -0.15) is 0 Å². The van der Waals surface area contributed by atoms with Crippen LogP contribution in [0, 0.1) is 0 Å². The summed E-state index contributed by atoms with van der Waals surface area (Å²) in [5, 5.41) is 0. The predicted molar refractivity (Wildman–Crippen MR) is 34.1 cm³/mol. The first kappa shape index (κ1) is 7.45. The van der Waals surface area contributed by atoms with Crippen LogP contribution in [0.1, 0.15) is 0 Å². The Bertz CT molecular complexity index is 81.8. The lowest BCUT2D eigenvalue weighted by Crippen LogP contribution is -2.06. The third-order valence-electron chi connectivity index (χ3n) is 0.463. The Kier molecular flexibility index (Phi) is 3.67. The van der Waals surface area contributed by atoms with Gasteiger partial charge in [-0.15, -0.1) is 4.67 Å². The van der Waals surface area contributed by atoms with E-state index in [2.05, 4.69) is 4.52 Å². The van der Waals surface area contributed by atoms with Crippen molar-refractivity contribution in [1.82, 2.24) is 4.67 Å². The van der Waals surface area contributed by atoms with E-state index in [9.17, 15) is 4.89 Å². The van der Waals surface area contributed by atoms with Crippen molar-refractivity contribution < 1.29 is 4.89 Å². The van der Waals surface area contributed by atoms with Crippen molar-refractivity contribution >= 4 is 17.5 Å². The standard InChI is InChI=1S/C2H8N2OP2/c1-4(2)7(5)3-6/h6H2,1-2H3/p+1. The van der Waals surface area contributed by atoms with Crippen molar-refractivity contribution in [1.29, 1.82) is 0 Å². The van der Waals surface area contributed by atoms with Gasteiger partial charge in [0.25, 0.3) is 0 Å². The number of nitrogens with zero attached hydrogens (tertiary/aromatic N) is 2. The van der Waals surface area contributed by atoms with Crippen molar-refractivity contribution in [2.24, 2.45) is 4.52 Å². The molecule has 0 N–H and O–H groups in total. The van der Waals surface area contributed by atoms with Crippen molar-refractivity contribution in [3.63, 3.8) is 0 Å². The molecular weight excluding hydrogens is 130 g/mol. The molecule has 7 heavy (non-hydrogen) atoms. The summed E-state index contributed by atoms with van der Waals surface area (Å²) >= 11 is 0. The second-order valence-corrected chi connectivity index (χ2v) is 3.68. The minimum absolute atomic E-state index is 1.37. The van der Waals surface area contributed by atoms with Crippen LogP contribution in [0.2, 0.25) is 0 Å². The Hall–Kier alpha value is 0.450. The van der Waals surface area contributed by atoms with E-state index >= 15 is 0 Å². The molecule has 0 saturated heterocycles. The van der Waals surface area contributed by atoms with Gasteiger partial charge >= 0.3 is 8.09 Å². The number of rotatable bonds is 1. The molecule has 0 aromatic rings. The normalized spacial score (nSPS) is 13.4. The van der Waals surface area contributed by atoms with Crippen LogP contribution in [0.3, 0.4) is 0 Å². The van der Waals surface area contributed by atoms with Crippen LogP contribution in [0.15, 0.2) is 4.52 Å². The van der Waals surface area contributed by atoms with Crippen LogP contribution >= 0.6 is 17.5 Å². The third-order valence-corrected chi connectivity index (χ3v) is 2.12. The fourth-order valence-corrected chi connectivity index (χ4v) is 1.14. The van der Waals surface area contributed by atoms with Crippen molar-refractivity contribution in [2.75, 3.05) is 14.1 Å². The molecular formula is C2H9N2OP2+. The highest BCUT2D eigenvalue weighted by molar-refractivity contribution is 7.42. The molecule has 0 fully saturated rings. The lowest BCUT2D eigenvalue weighted by molar-refractivity contribution is -0.163. The summed E-state index contributed by atoms with van der Waals surface area (Å²) in [6, 6.07) is 0. The van der Waals surface area contributed by atoms with E-state index in [1.807, 2.05) is 0 Å². The van der Waals surface area contributed by atoms with E-state index in [1.54, 1.807) is 18.8 Å². The molecule has 0 heterocycles. The molecule has 0 aromatic heterocycles. The van der Waals surface area contributed by atoms with Gasteiger partial charge in [-0.05, 0) is 0 Å². The Morgan fingerprint density at radius 3 is 2.14 bits per heavy atom. The molecule has 0 aliphatic heterocycles. The minimum atomic E-state index is -1.42. The summed E-state index contributed by atoms with van der Waals surface area (Å²) in [7, 11) is 3.41. The van der Waals surface area contributed by atoms with Crippen LogP contribution in [-0.4, -0.2) is 18.8 Å². The molecule has 2 atom stereocenters. The second-order valence-electron chi connectivity index (χ2n) is 1.24. The van der Waals surface area contributed by atoms with Crippen molar-refractivity contribution in [3.8, 4) is 0 Å². The average Bonchev–Trinajstić information content (AvgIpc) is 1.65. The largest absolute Gasteiger partial charge is 0.592 e. The van der Waals surface area contributed by atoms with Gasteiger partial charge in [0.1, 0.15) is 9.39 Å². The van der Waals surface area contributed by atoms with E-state index in [0.29, 0.717) is 0 Å². The Morgan fingerprint density at radius 1 is 1.71 bits per heavy atom. The SMILES string of the molecule is CN(C)[P+]([O-])=N[PH3+]. The first-order valence-electron chi connectivity index (χ1n) is 1.79. The van der Waals surface area contributed by atoms with E-state index in [1.165, 1.54) is 9.39 Å².